The number of hydrogen-bond acceptors (Lipinski definition) is 4. The molecule has 0 spiro atoms. The van der Waals surface area contributed by atoms with Crippen LogP contribution in [0.3, 0.4) is 0 Å². The van der Waals surface area contributed by atoms with Crippen molar-refractivity contribution in [3.05, 3.63) is 30.3 Å². The van der Waals surface area contributed by atoms with Crippen molar-refractivity contribution in [3.8, 4) is 0 Å². The monoisotopic (exact) mass is 375 g/mol. The standard InChI is InChI=1S/C16H25N3O3S.ClH/c1-14(13-17-2)16(20)18-9-6-10-19(12-11-18)23(21,22)15-7-4-3-5-8-15;/h3-5,7-8,14,17H,6,9-13H2,1-2H3;1H. The Labute approximate surface area is 150 Å². The van der Waals surface area contributed by atoms with Crippen molar-refractivity contribution >= 4 is 28.3 Å². The summed E-state index contributed by atoms with van der Waals surface area (Å²) in [4.78, 5) is 14.5. The molecule has 8 heteroatoms. The average molecular weight is 376 g/mol. The van der Waals surface area contributed by atoms with Crippen LogP contribution >= 0.6 is 12.4 Å². The van der Waals surface area contributed by atoms with E-state index in [9.17, 15) is 13.2 Å². The minimum Gasteiger partial charge on any atom is -0.341 e. The molecular formula is C16H26ClN3O3S. The second-order valence-corrected chi connectivity index (χ2v) is 7.79. The van der Waals surface area contributed by atoms with Gasteiger partial charge in [0.1, 0.15) is 0 Å². The molecule has 0 bridgehead atoms. The summed E-state index contributed by atoms with van der Waals surface area (Å²) in [6.45, 7) is 4.35. The van der Waals surface area contributed by atoms with Crippen LogP contribution in [0.15, 0.2) is 35.2 Å². The molecule has 1 amide bonds. The smallest absolute Gasteiger partial charge is 0.243 e. The van der Waals surface area contributed by atoms with Crippen molar-refractivity contribution in [2.24, 2.45) is 5.92 Å². The summed E-state index contributed by atoms with van der Waals surface area (Å²) in [5.74, 6) is -0.0180. The molecule has 6 nitrogen and oxygen atoms in total. The maximum Gasteiger partial charge on any atom is 0.243 e. The quantitative estimate of drug-likeness (QED) is 0.839. The molecule has 1 heterocycles. The number of carbonyl (C=O) groups is 1. The maximum absolute atomic E-state index is 12.7. The van der Waals surface area contributed by atoms with Crippen molar-refractivity contribution < 1.29 is 13.2 Å². The van der Waals surface area contributed by atoms with E-state index in [-0.39, 0.29) is 24.2 Å². The van der Waals surface area contributed by atoms with E-state index in [2.05, 4.69) is 5.32 Å². The van der Waals surface area contributed by atoms with Gasteiger partial charge in [-0.1, -0.05) is 25.1 Å². The molecule has 1 aliphatic rings. The molecule has 0 aliphatic carbocycles. The number of hydrogen-bond donors (Lipinski definition) is 1. The Balaban J connectivity index is 0.00000288. The third kappa shape index (κ3) is 4.92. The fraction of sp³-hybridized carbons (Fsp3) is 0.562. The average Bonchev–Trinajstić information content (AvgIpc) is 2.81. The van der Waals surface area contributed by atoms with E-state index < -0.39 is 10.0 Å². The van der Waals surface area contributed by atoms with Crippen molar-refractivity contribution in [2.45, 2.75) is 18.2 Å². The van der Waals surface area contributed by atoms with Gasteiger partial charge in [-0.3, -0.25) is 4.79 Å². The lowest BCUT2D eigenvalue weighted by Crippen LogP contribution is -2.41. The highest BCUT2D eigenvalue weighted by molar-refractivity contribution is 7.89. The van der Waals surface area contributed by atoms with Gasteiger partial charge in [-0.05, 0) is 25.6 Å². The van der Waals surface area contributed by atoms with E-state index in [1.54, 1.807) is 35.2 Å². The highest BCUT2D eigenvalue weighted by Crippen LogP contribution is 2.18. The van der Waals surface area contributed by atoms with E-state index in [0.29, 0.717) is 44.0 Å². The van der Waals surface area contributed by atoms with E-state index >= 15 is 0 Å². The van der Waals surface area contributed by atoms with E-state index in [1.165, 1.54) is 4.31 Å². The van der Waals surface area contributed by atoms with Gasteiger partial charge in [-0.25, -0.2) is 8.42 Å². The second-order valence-electron chi connectivity index (χ2n) is 5.85. The number of benzene rings is 1. The predicted octanol–water partition coefficient (Wildman–Crippen LogP) is 1.19. The highest BCUT2D eigenvalue weighted by Gasteiger charge is 2.29. The van der Waals surface area contributed by atoms with Gasteiger partial charge in [-0.2, -0.15) is 4.31 Å². The summed E-state index contributed by atoms with van der Waals surface area (Å²) in [5.41, 5.74) is 0. The third-order valence-corrected chi connectivity index (χ3v) is 5.99. The minimum absolute atomic E-state index is 0. The van der Waals surface area contributed by atoms with Gasteiger partial charge in [-0.15, -0.1) is 12.4 Å². The lowest BCUT2D eigenvalue weighted by atomic mass is 10.1. The van der Waals surface area contributed by atoms with Gasteiger partial charge in [0.15, 0.2) is 0 Å². The number of carbonyl (C=O) groups excluding carboxylic acids is 1. The number of sulfonamides is 1. The maximum atomic E-state index is 12.7. The summed E-state index contributed by atoms with van der Waals surface area (Å²) in [6.07, 6.45) is 0.657. The van der Waals surface area contributed by atoms with Crippen molar-refractivity contribution in [3.63, 3.8) is 0 Å². The first-order valence-corrected chi connectivity index (χ1v) is 9.39. The molecule has 1 atom stereocenters. The molecule has 0 saturated carbocycles. The normalized spacial score (nSPS) is 17.7. The molecule has 1 aromatic carbocycles. The van der Waals surface area contributed by atoms with Crippen LogP contribution in [0.25, 0.3) is 0 Å². The van der Waals surface area contributed by atoms with Crippen molar-refractivity contribution in [1.29, 1.82) is 0 Å². The van der Waals surface area contributed by atoms with E-state index in [4.69, 9.17) is 0 Å². The zero-order valence-electron chi connectivity index (χ0n) is 14.1. The third-order valence-electron chi connectivity index (χ3n) is 4.08. The first-order valence-electron chi connectivity index (χ1n) is 7.95. The molecule has 0 radical (unpaired) electrons. The van der Waals surface area contributed by atoms with Crippen LogP contribution in [0.1, 0.15) is 13.3 Å². The number of nitrogens with one attached hydrogen (secondary N) is 1. The van der Waals surface area contributed by atoms with Gasteiger partial charge >= 0.3 is 0 Å². The Morgan fingerprint density at radius 2 is 1.83 bits per heavy atom. The highest BCUT2D eigenvalue weighted by atomic mass is 35.5. The predicted molar refractivity (Wildman–Crippen MR) is 96.7 cm³/mol. The summed E-state index contributed by atoms with van der Waals surface area (Å²) < 4.78 is 26.8. The van der Waals surface area contributed by atoms with Gasteiger partial charge in [0.05, 0.1) is 4.90 Å². The second kappa shape index (κ2) is 9.36. The molecule has 1 N–H and O–H groups in total. The van der Waals surface area contributed by atoms with Crippen LogP contribution in [0.5, 0.6) is 0 Å². The molecule has 1 aliphatic heterocycles. The summed E-state index contributed by atoms with van der Waals surface area (Å²) in [5, 5.41) is 3.00. The van der Waals surface area contributed by atoms with Gasteiger partial charge < -0.3 is 10.2 Å². The molecule has 136 valence electrons. The fourth-order valence-corrected chi connectivity index (χ4v) is 4.29. The molecule has 24 heavy (non-hydrogen) atoms. The zero-order chi connectivity index (χ0) is 16.9. The first-order chi connectivity index (χ1) is 11.0. The summed E-state index contributed by atoms with van der Waals surface area (Å²) >= 11 is 0. The van der Waals surface area contributed by atoms with Crippen LogP contribution in [-0.4, -0.2) is 63.3 Å². The fourth-order valence-electron chi connectivity index (χ4n) is 2.80. The lowest BCUT2D eigenvalue weighted by Gasteiger charge is -2.24. The lowest BCUT2D eigenvalue weighted by molar-refractivity contribution is -0.134. The molecule has 1 saturated heterocycles. The Morgan fingerprint density at radius 1 is 1.17 bits per heavy atom. The molecule has 1 aromatic rings. The first kappa shape index (κ1) is 20.9. The number of halogens is 1. The van der Waals surface area contributed by atoms with Gasteiger partial charge in [0.2, 0.25) is 15.9 Å². The van der Waals surface area contributed by atoms with Crippen molar-refractivity contribution in [2.75, 3.05) is 39.8 Å². The van der Waals surface area contributed by atoms with Gasteiger partial charge in [0, 0.05) is 38.6 Å². The number of amides is 1. The number of rotatable bonds is 5. The van der Waals surface area contributed by atoms with Crippen LogP contribution in [-0.2, 0) is 14.8 Å². The van der Waals surface area contributed by atoms with Gasteiger partial charge in [0.25, 0.3) is 0 Å². The Bertz CT molecular complexity index is 625. The Morgan fingerprint density at radius 3 is 2.46 bits per heavy atom. The molecule has 2 rings (SSSR count). The molecule has 1 unspecified atom stereocenters. The van der Waals surface area contributed by atoms with Crippen molar-refractivity contribution in [1.82, 2.24) is 14.5 Å². The van der Waals surface area contributed by atoms with Crippen LogP contribution in [0, 0.1) is 5.92 Å². The molecule has 0 aromatic heterocycles. The molecular weight excluding hydrogens is 350 g/mol. The minimum atomic E-state index is -3.48. The van der Waals surface area contributed by atoms with E-state index in [1.807, 2.05) is 14.0 Å². The summed E-state index contributed by atoms with van der Waals surface area (Å²) in [7, 11) is -1.66. The zero-order valence-corrected chi connectivity index (χ0v) is 15.8. The van der Waals surface area contributed by atoms with E-state index in [0.717, 1.165) is 0 Å². The number of nitrogens with zero attached hydrogens (tertiary/aromatic N) is 2. The van der Waals surface area contributed by atoms with Crippen LogP contribution in [0.4, 0.5) is 0 Å². The van der Waals surface area contributed by atoms with Crippen LogP contribution < -0.4 is 5.32 Å². The Kier molecular flexibility index (Phi) is 8.15. The Hall–Kier alpha value is -1.15. The van der Waals surface area contributed by atoms with Crippen LogP contribution in [0.2, 0.25) is 0 Å². The SMILES string of the molecule is CNCC(C)C(=O)N1CCCN(S(=O)(=O)c2ccccc2)CC1.Cl. The topological polar surface area (TPSA) is 69.7 Å². The summed E-state index contributed by atoms with van der Waals surface area (Å²) in [6, 6.07) is 8.46. The largest absolute Gasteiger partial charge is 0.341 e. The molecule has 1 fully saturated rings.